The molecule has 0 saturated carbocycles. The smallest absolute Gasteiger partial charge is 0.254 e. The number of rotatable bonds is 5. The van der Waals surface area contributed by atoms with E-state index in [1.165, 1.54) is 0 Å². The number of likely N-dealkylation sites (tertiary alicyclic amines) is 2. The van der Waals surface area contributed by atoms with Gasteiger partial charge in [0.05, 0.1) is 17.3 Å². The Morgan fingerprint density at radius 2 is 1.79 bits per heavy atom. The number of amides is 3. The van der Waals surface area contributed by atoms with E-state index in [0.717, 1.165) is 18.4 Å². The molecule has 0 unspecified atom stereocenters. The van der Waals surface area contributed by atoms with Gasteiger partial charge in [0, 0.05) is 45.2 Å². The molecule has 2 aromatic rings. The van der Waals surface area contributed by atoms with Crippen molar-refractivity contribution >= 4 is 17.7 Å². The molecule has 33 heavy (non-hydrogen) atoms. The minimum absolute atomic E-state index is 0.0645. The van der Waals surface area contributed by atoms with Crippen LogP contribution in [-0.2, 0) is 16.1 Å². The van der Waals surface area contributed by atoms with Crippen molar-refractivity contribution in [1.82, 2.24) is 25.1 Å². The second-order valence-electron chi connectivity index (χ2n) is 8.87. The van der Waals surface area contributed by atoms with Crippen molar-refractivity contribution < 1.29 is 14.4 Å². The summed E-state index contributed by atoms with van der Waals surface area (Å²) in [6.45, 7) is 5.77. The molecule has 2 fully saturated rings. The van der Waals surface area contributed by atoms with Crippen LogP contribution in [0.5, 0.6) is 0 Å². The van der Waals surface area contributed by atoms with Gasteiger partial charge in [0.15, 0.2) is 5.82 Å². The van der Waals surface area contributed by atoms with Crippen LogP contribution in [0.2, 0.25) is 0 Å². The summed E-state index contributed by atoms with van der Waals surface area (Å²) in [5, 5.41) is 2.92. The predicted molar refractivity (Wildman–Crippen MR) is 123 cm³/mol. The summed E-state index contributed by atoms with van der Waals surface area (Å²) in [7, 11) is 0. The van der Waals surface area contributed by atoms with Gasteiger partial charge in [-0.25, -0.2) is 9.97 Å². The van der Waals surface area contributed by atoms with Crippen LogP contribution in [0, 0.1) is 12.8 Å². The number of piperidine rings is 1. The maximum absolute atomic E-state index is 13.2. The first-order valence-corrected chi connectivity index (χ1v) is 11.7. The number of benzene rings is 1. The summed E-state index contributed by atoms with van der Waals surface area (Å²) in [6.07, 6.45) is 4.69. The molecule has 8 heteroatoms. The molecular weight excluding hydrogens is 418 g/mol. The lowest BCUT2D eigenvalue weighted by Gasteiger charge is -2.34. The lowest BCUT2D eigenvalue weighted by molar-refractivity contribution is -0.141. The fraction of sp³-hybridized carbons (Fsp3) is 0.480. The van der Waals surface area contributed by atoms with Crippen LogP contribution >= 0.6 is 0 Å². The molecule has 0 aliphatic carbocycles. The maximum Gasteiger partial charge on any atom is 0.254 e. The van der Waals surface area contributed by atoms with Crippen LogP contribution in [0.3, 0.4) is 0 Å². The molecule has 0 bridgehead atoms. The third kappa shape index (κ3) is 5.21. The van der Waals surface area contributed by atoms with Crippen molar-refractivity contribution in [2.45, 2.75) is 52.1 Å². The molecule has 2 aliphatic heterocycles. The van der Waals surface area contributed by atoms with E-state index in [1.54, 1.807) is 24.9 Å². The van der Waals surface area contributed by atoms with Gasteiger partial charge in [-0.3, -0.25) is 14.4 Å². The van der Waals surface area contributed by atoms with Gasteiger partial charge in [-0.15, -0.1) is 0 Å². The zero-order valence-electron chi connectivity index (χ0n) is 19.3. The van der Waals surface area contributed by atoms with Crippen LogP contribution in [0.25, 0.3) is 0 Å². The van der Waals surface area contributed by atoms with Crippen molar-refractivity contribution in [2.24, 2.45) is 5.92 Å². The van der Waals surface area contributed by atoms with Gasteiger partial charge in [0.2, 0.25) is 11.8 Å². The Balaban J connectivity index is 1.40. The predicted octanol–water partition coefficient (Wildman–Crippen LogP) is 2.64. The van der Waals surface area contributed by atoms with E-state index in [1.807, 2.05) is 35.2 Å². The van der Waals surface area contributed by atoms with Crippen LogP contribution in [0.1, 0.15) is 66.1 Å². The normalized spacial score (nSPS) is 18.9. The Morgan fingerprint density at radius 1 is 1.06 bits per heavy atom. The molecule has 2 saturated heterocycles. The molecule has 1 atom stereocenters. The van der Waals surface area contributed by atoms with E-state index in [0.29, 0.717) is 56.1 Å². The van der Waals surface area contributed by atoms with E-state index in [2.05, 4.69) is 15.3 Å². The van der Waals surface area contributed by atoms with E-state index < -0.39 is 0 Å². The first-order valence-electron chi connectivity index (χ1n) is 11.7. The molecule has 174 valence electrons. The molecule has 4 rings (SSSR count). The molecule has 0 spiro atoms. The fourth-order valence-electron chi connectivity index (χ4n) is 4.72. The van der Waals surface area contributed by atoms with Gasteiger partial charge in [0.1, 0.15) is 0 Å². The molecule has 0 radical (unpaired) electrons. The molecule has 8 nitrogen and oxygen atoms in total. The summed E-state index contributed by atoms with van der Waals surface area (Å²) in [5.41, 5.74) is 2.08. The molecule has 1 aromatic heterocycles. The monoisotopic (exact) mass is 449 g/mol. The number of aromatic nitrogens is 2. The van der Waals surface area contributed by atoms with Gasteiger partial charge in [-0.1, -0.05) is 30.3 Å². The third-order valence-electron chi connectivity index (χ3n) is 6.66. The Labute approximate surface area is 194 Å². The number of aryl methyl sites for hydroxylation is 1. The highest BCUT2D eigenvalue weighted by atomic mass is 16.2. The molecule has 1 aromatic carbocycles. The van der Waals surface area contributed by atoms with E-state index >= 15 is 0 Å². The average molecular weight is 450 g/mol. The number of hydrogen-bond acceptors (Lipinski definition) is 5. The number of carbonyl (C=O) groups excluding carboxylic acids is 3. The Kier molecular flexibility index (Phi) is 7.01. The van der Waals surface area contributed by atoms with Gasteiger partial charge < -0.3 is 15.1 Å². The van der Waals surface area contributed by atoms with Crippen molar-refractivity contribution in [1.29, 1.82) is 0 Å². The van der Waals surface area contributed by atoms with Gasteiger partial charge in [-0.05, 0) is 38.2 Å². The summed E-state index contributed by atoms with van der Waals surface area (Å²) in [4.78, 5) is 50.3. The van der Waals surface area contributed by atoms with Crippen LogP contribution < -0.4 is 5.32 Å². The summed E-state index contributed by atoms with van der Waals surface area (Å²) in [6, 6.07) is 9.57. The Bertz CT molecular complexity index is 1020. The van der Waals surface area contributed by atoms with Crippen molar-refractivity contribution in [3.8, 4) is 0 Å². The van der Waals surface area contributed by atoms with Crippen LogP contribution in [0.15, 0.2) is 36.5 Å². The summed E-state index contributed by atoms with van der Waals surface area (Å²) in [5.74, 6) is 0.521. The van der Waals surface area contributed by atoms with Gasteiger partial charge in [-0.2, -0.15) is 0 Å². The average Bonchev–Trinajstić information content (AvgIpc) is 3.32. The van der Waals surface area contributed by atoms with Crippen molar-refractivity contribution in [2.75, 3.05) is 19.6 Å². The molecule has 2 aliphatic rings. The first-order chi connectivity index (χ1) is 15.9. The van der Waals surface area contributed by atoms with E-state index in [-0.39, 0.29) is 29.7 Å². The number of carbonyl (C=O) groups is 3. The number of hydrogen-bond donors (Lipinski definition) is 1. The minimum atomic E-state index is -0.209. The minimum Gasteiger partial charge on any atom is -0.348 e. The number of nitrogens with one attached hydrogen (secondary N) is 1. The Hall–Kier alpha value is -3.29. The fourth-order valence-corrected chi connectivity index (χ4v) is 4.72. The lowest BCUT2D eigenvalue weighted by atomic mass is 9.95. The summed E-state index contributed by atoms with van der Waals surface area (Å²) < 4.78 is 0. The molecule has 3 amide bonds. The largest absolute Gasteiger partial charge is 0.348 e. The van der Waals surface area contributed by atoms with Gasteiger partial charge >= 0.3 is 0 Å². The molecule has 1 N–H and O–H groups in total. The zero-order chi connectivity index (χ0) is 23.4. The summed E-state index contributed by atoms with van der Waals surface area (Å²) >= 11 is 0. The second kappa shape index (κ2) is 10.1. The third-order valence-corrected chi connectivity index (χ3v) is 6.66. The highest BCUT2D eigenvalue weighted by Crippen LogP contribution is 2.33. The molecule has 3 heterocycles. The van der Waals surface area contributed by atoms with Crippen LogP contribution in [-0.4, -0.2) is 57.1 Å². The van der Waals surface area contributed by atoms with E-state index in [9.17, 15) is 14.4 Å². The zero-order valence-corrected chi connectivity index (χ0v) is 19.3. The lowest BCUT2D eigenvalue weighted by Crippen LogP contribution is -2.43. The maximum atomic E-state index is 13.2. The second-order valence-corrected chi connectivity index (χ2v) is 8.87. The molecular formula is C25H31N5O3. The van der Waals surface area contributed by atoms with E-state index in [4.69, 9.17) is 0 Å². The highest BCUT2D eigenvalue weighted by molar-refractivity contribution is 5.94. The standard InChI is InChI=1S/C25H31N5O3/c1-17-21(24(32)27-15-19-7-4-3-5-8-19)16-26-23(28-17)22-9-6-12-30(22)25(33)20-10-13-29(14-11-20)18(2)31/h3-5,7-8,16,20,22H,6,9-15H2,1-2H3,(H,27,32)/t22-/m0/s1. The van der Waals surface area contributed by atoms with Crippen LogP contribution in [0.4, 0.5) is 0 Å². The van der Waals surface area contributed by atoms with Gasteiger partial charge in [0.25, 0.3) is 5.91 Å². The first kappa shape index (κ1) is 22.9. The quantitative estimate of drug-likeness (QED) is 0.757. The SMILES string of the molecule is CC(=O)N1CCC(C(=O)N2CCC[C@H]2c2ncc(C(=O)NCc3ccccc3)c(C)n2)CC1. The topological polar surface area (TPSA) is 95.5 Å². The Morgan fingerprint density at radius 3 is 2.45 bits per heavy atom. The van der Waals surface area contributed by atoms with Crippen molar-refractivity contribution in [3.63, 3.8) is 0 Å². The highest BCUT2D eigenvalue weighted by Gasteiger charge is 2.37. The van der Waals surface area contributed by atoms with Crippen molar-refractivity contribution in [3.05, 3.63) is 59.2 Å². The number of nitrogens with zero attached hydrogens (tertiary/aromatic N) is 4.